The van der Waals surface area contributed by atoms with Crippen molar-refractivity contribution in [3.8, 4) is 0 Å². The Morgan fingerprint density at radius 1 is 1.00 bits per heavy atom. The van der Waals surface area contributed by atoms with E-state index in [9.17, 15) is 9.59 Å². The number of hydrogen-bond acceptors (Lipinski definition) is 6. The molecule has 0 fully saturated rings. The van der Waals surface area contributed by atoms with Crippen LogP contribution >= 0.6 is 34.7 Å². The van der Waals surface area contributed by atoms with Gasteiger partial charge in [0.15, 0.2) is 0 Å². The van der Waals surface area contributed by atoms with E-state index in [0.29, 0.717) is 17.0 Å². The fourth-order valence-electron chi connectivity index (χ4n) is 4.45. The number of thioether (sulfide) groups is 1. The van der Waals surface area contributed by atoms with Crippen LogP contribution in [0.15, 0.2) is 86.3 Å². The minimum absolute atomic E-state index is 0.0352. The topological polar surface area (TPSA) is 60.7 Å². The molecule has 0 atom stereocenters. The summed E-state index contributed by atoms with van der Waals surface area (Å²) in [5.74, 6) is 0.539. The van der Waals surface area contributed by atoms with Crippen LogP contribution in [-0.4, -0.2) is 27.8 Å². The van der Waals surface area contributed by atoms with E-state index in [2.05, 4.69) is 29.7 Å². The number of nitrogens with zero attached hydrogens (tertiary/aromatic N) is 2. The van der Waals surface area contributed by atoms with Crippen molar-refractivity contribution in [1.82, 2.24) is 4.57 Å². The fraction of sp³-hybridized carbons (Fsp3) is 0.167. The maximum atomic E-state index is 13.1. The van der Waals surface area contributed by atoms with Crippen LogP contribution in [0.4, 0.5) is 0 Å². The molecule has 3 aromatic carbocycles. The van der Waals surface area contributed by atoms with Crippen molar-refractivity contribution in [3.05, 3.63) is 99.2 Å². The number of aryl methyl sites for hydroxylation is 1. The van der Waals surface area contributed by atoms with Crippen molar-refractivity contribution in [2.75, 3.05) is 5.75 Å². The third kappa shape index (κ3) is 6.40. The molecule has 9 heteroatoms. The van der Waals surface area contributed by atoms with Gasteiger partial charge in [0.05, 0.1) is 0 Å². The molecule has 0 spiro atoms. The van der Waals surface area contributed by atoms with Gasteiger partial charge in [-0.15, -0.1) is 0 Å². The molecule has 5 nitrogen and oxygen atoms in total. The predicted molar refractivity (Wildman–Crippen MR) is 158 cm³/mol. The molecule has 2 aromatic heterocycles. The maximum absolute atomic E-state index is 13.1. The Kier molecular flexibility index (Phi) is 9.06. The molecule has 2 heterocycles. The van der Waals surface area contributed by atoms with Crippen molar-refractivity contribution in [2.24, 2.45) is 3.21 Å². The number of fused-ring (bicyclic) bond motifs is 3. The van der Waals surface area contributed by atoms with Gasteiger partial charge in [0, 0.05) is 0 Å². The average Bonchev–Trinajstić information content (AvgIpc) is 3.58. The van der Waals surface area contributed by atoms with Gasteiger partial charge in [-0.1, -0.05) is 0 Å². The standard InChI is InChI=1S/C30H25ClIN2O3S2/c1-3-34-27-12-6-20(26(33-32-37-19(2)35)14-16-38-23-10-8-22(31)9-11-23)17-24(27)25-18-21(7-13-28(25)34)30(36)29-5-4-15-39-29/h4-13,15,17-18H,3,14,16H2,1-2H3/q-1. The molecule has 0 N–H and O–H groups in total. The molecule has 0 radical (unpaired) electrons. The number of carbonyl (C=O) groups is 2. The van der Waals surface area contributed by atoms with Crippen LogP contribution in [0, 0.1) is 0 Å². The van der Waals surface area contributed by atoms with Gasteiger partial charge in [0.1, 0.15) is 0 Å². The molecule has 0 saturated heterocycles. The molecule has 39 heavy (non-hydrogen) atoms. The van der Waals surface area contributed by atoms with Gasteiger partial charge in [0.25, 0.3) is 0 Å². The number of hydrogen-bond donors (Lipinski definition) is 0. The molecule has 0 amide bonds. The minimum atomic E-state index is -1.11. The number of ketones is 1. The second kappa shape index (κ2) is 12.7. The number of thiophene rings is 1. The second-order valence-corrected chi connectivity index (χ2v) is 12.6. The number of halogens is 2. The summed E-state index contributed by atoms with van der Waals surface area (Å²) >= 11 is 8.11. The number of carbonyl (C=O) groups excluding carboxylic acids is 2. The molecule has 0 aliphatic heterocycles. The monoisotopic (exact) mass is 687 g/mol. The average molecular weight is 688 g/mol. The molecular formula is C30H25ClIN2O3S2-. The fourth-order valence-corrected chi connectivity index (χ4v) is 7.26. The van der Waals surface area contributed by atoms with Crippen LogP contribution < -0.4 is 21.9 Å². The Bertz CT molecular complexity index is 1680. The van der Waals surface area contributed by atoms with E-state index >= 15 is 0 Å². The number of benzene rings is 3. The third-order valence-electron chi connectivity index (χ3n) is 6.22. The van der Waals surface area contributed by atoms with Crippen molar-refractivity contribution in [2.45, 2.75) is 31.7 Å². The summed E-state index contributed by atoms with van der Waals surface area (Å²) in [5, 5.41) is 4.76. The van der Waals surface area contributed by atoms with E-state index in [-0.39, 0.29) is 11.8 Å². The van der Waals surface area contributed by atoms with E-state index in [4.69, 9.17) is 17.9 Å². The number of aromatic nitrogens is 1. The summed E-state index contributed by atoms with van der Waals surface area (Å²) in [6.45, 7) is 4.35. The molecule has 0 unspecified atom stereocenters. The predicted octanol–water partition coefficient (Wildman–Crippen LogP) is 5.21. The zero-order chi connectivity index (χ0) is 27.4. The van der Waals surface area contributed by atoms with Crippen LogP contribution in [0.3, 0.4) is 0 Å². The van der Waals surface area contributed by atoms with Gasteiger partial charge in [0.2, 0.25) is 0 Å². The summed E-state index contributed by atoms with van der Waals surface area (Å²) in [5.41, 5.74) is 4.80. The van der Waals surface area contributed by atoms with Crippen LogP contribution in [0.2, 0.25) is 5.02 Å². The quantitative estimate of drug-likeness (QED) is 0.0876. The molecule has 0 aliphatic rings. The SMILES string of the molecule is CCn1c2ccc(C(=O)c3cccs3)cc2c2cc(C(CCSc3ccc(Cl)cc3)=N[I-]OC(C)=O)ccc21. The second-order valence-electron chi connectivity index (χ2n) is 8.74. The van der Waals surface area contributed by atoms with E-state index in [1.165, 1.54) is 18.3 Å². The van der Waals surface area contributed by atoms with Crippen molar-refractivity contribution in [3.63, 3.8) is 0 Å². The molecule has 5 aromatic rings. The summed E-state index contributed by atoms with van der Waals surface area (Å²) in [6.07, 6.45) is 0.717. The van der Waals surface area contributed by atoms with Crippen molar-refractivity contribution < 1.29 is 34.5 Å². The zero-order valence-electron chi connectivity index (χ0n) is 21.3. The third-order valence-corrected chi connectivity index (χ3v) is 9.95. The van der Waals surface area contributed by atoms with Crippen LogP contribution in [-0.2, 0) is 14.4 Å². The van der Waals surface area contributed by atoms with Crippen LogP contribution in [0.5, 0.6) is 0 Å². The Labute approximate surface area is 251 Å². The van der Waals surface area contributed by atoms with Gasteiger partial charge in [-0.25, -0.2) is 0 Å². The Hall–Kier alpha value is -2.66. The van der Waals surface area contributed by atoms with Crippen molar-refractivity contribution >= 4 is 74.0 Å². The summed E-state index contributed by atoms with van der Waals surface area (Å²) in [4.78, 5) is 26.4. The molecule has 0 saturated carbocycles. The van der Waals surface area contributed by atoms with Crippen molar-refractivity contribution in [1.29, 1.82) is 0 Å². The van der Waals surface area contributed by atoms with E-state index in [0.717, 1.165) is 55.2 Å². The van der Waals surface area contributed by atoms with Gasteiger partial charge < -0.3 is 0 Å². The Morgan fingerprint density at radius 3 is 2.33 bits per heavy atom. The van der Waals surface area contributed by atoms with E-state index in [1.54, 1.807) is 11.8 Å². The Balaban J connectivity index is 1.51. The van der Waals surface area contributed by atoms with Gasteiger partial charge in [-0.2, -0.15) is 0 Å². The van der Waals surface area contributed by atoms with Crippen LogP contribution in [0.1, 0.15) is 41.1 Å². The first-order valence-corrected chi connectivity index (χ1v) is 16.4. The first-order valence-electron chi connectivity index (χ1n) is 12.4. The zero-order valence-corrected chi connectivity index (χ0v) is 25.9. The molecular weight excluding hydrogens is 663 g/mol. The van der Waals surface area contributed by atoms with Gasteiger partial charge >= 0.3 is 253 Å². The van der Waals surface area contributed by atoms with Crippen LogP contribution in [0.25, 0.3) is 21.8 Å². The normalized spacial score (nSPS) is 11.9. The van der Waals surface area contributed by atoms with E-state index in [1.807, 2.05) is 60.0 Å². The van der Waals surface area contributed by atoms with E-state index < -0.39 is 21.9 Å². The molecule has 0 aliphatic carbocycles. The number of rotatable bonds is 10. The van der Waals surface area contributed by atoms with Gasteiger partial charge in [-0.05, 0) is 0 Å². The first kappa shape index (κ1) is 27.9. The summed E-state index contributed by atoms with van der Waals surface area (Å²) in [6, 6.07) is 23.9. The Morgan fingerprint density at radius 2 is 1.69 bits per heavy atom. The first-order chi connectivity index (χ1) is 18.9. The molecule has 0 bridgehead atoms. The molecule has 200 valence electrons. The van der Waals surface area contributed by atoms with Gasteiger partial charge in [-0.3, -0.25) is 0 Å². The summed E-state index contributed by atoms with van der Waals surface area (Å²) < 4.78 is 12.3. The molecule has 5 rings (SSSR count). The summed E-state index contributed by atoms with van der Waals surface area (Å²) in [7, 11) is 0.